The largest absolute Gasteiger partial charge is 0.477 e. The van der Waals surface area contributed by atoms with Crippen molar-refractivity contribution in [3.8, 4) is 11.7 Å². The molecule has 1 atom stereocenters. The molecule has 1 fully saturated rings. The molecule has 35 heavy (non-hydrogen) atoms. The second kappa shape index (κ2) is 9.01. The van der Waals surface area contributed by atoms with E-state index in [4.69, 9.17) is 4.74 Å². The summed E-state index contributed by atoms with van der Waals surface area (Å²) in [5.74, 6) is -1.52. The summed E-state index contributed by atoms with van der Waals surface area (Å²) >= 11 is 0. The molecule has 1 aliphatic rings. The second-order valence-corrected chi connectivity index (χ2v) is 8.12. The van der Waals surface area contributed by atoms with Crippen molar-refractivity contribution in [2.24, 2.45) is 0 Å². The zero-order valence-corrected chi connectivity index (χ0v) is 18.3. The number of hydrogen-bond acceptors (Lipinski definition) is 7. The van der Waals surface area contributed by atoms with E-state index in [0.717, 1.165) is 31.3 Å². The van der Waals surface area contributed by atoms with E-state index in [1.807, 2.05) is 11.0 Å². The molecule has 0 saturated carbocycles. The van der Waals surface area contributed by atoms with E-state index in [2.05, 4.69) is 15.0 Å². The third-order valence-corrected chi connectivity index (χ3v) is 5.95. The van der Waals surface area contributed by atoms with E-state index >= 15 is 4.39 Å². The minimum Gasteiger partial charge on any atom is -0.477 e. The van der Waals surface area contributed by atoms with Gasteiger partial charge in [-0.2, -0.15) is 0 Å². The number of carboxylic acids is 1. The lowest BCUT2D eigenvalue weighted by Crippen LogP contribution is -2.35. The molecule has 178 valence electrons. The van der Waals surface area contributed by atoms with Crippen molar-refractivity contribution in [1.82, 2.24) is 19.5 Å². The summed E-state index contributed by atoms with van der Waals surface area (Å²) < 4.78 is 22.5. The lowest BCUT2D eigenvalue weighted by atomic mass is 10.1. The van der Waals surface area contributed by atoms with E-state index in [9.17, 15) is 19.5 Å². The Labute approximate surface area is 197 Å². The Kier molecular flexibility index (Phi) is 5.73. The Bertz CT molecular complexity index is 1540. The van der Waals surface area contributed by atoms with Crippen molar-refractivity contribution in [3.63, 3.8) is 0 Å². The smallest absolute Gasteiger partial charge is 0.341 e. The molecule has 2 N–H and O–H groups in total. The number of nitrogens with zero attached hydrogens (tertiary/aromatic N) is 4. The third-order valence-electron chi connectivity index (χ3n) is 5.95. The number of carboxylic acid groups (broad SMARTS) is 1. The average Bonchev–Trinajstić information content (AvgIpc) is 3.32. The summed E-state index contributed by atoms with van der Waals surface area (Å²) in [6.07, 6.45) is 6.69. The van der Waals surface area contributed by atoms with Gasteiger partial charge in [0, 0.05) is 25.0 Å². The maximum Gasteiger partial charge on any atom is 0.341 e. The molecule has 0 amide bonds. The van der Waals surface area contributed by atoms with Gasteiger partial charge in [-0.1, -0.05) is 6.07 Å². The van der Waals surface area contributed by atoms with Crippen LogP contribution in [0.4, 0.5) is 10.1 Å². The van der Waals surface area contributed by atoms with E-state index in [-0.39, 0.29) is 35.1 Å². The zero-order valence-electron chi connectivity index (χ0n) is 18.3. The predicted octanol–water partition coefficient (Wildman–Crippen LogP) is 2.35. The van der Waals surface area contributed by atoms with Crippen LogP contribution in [0, 0.1) is 5.82 Å². The number of halogens is 1. The summed E-state index contributed by atoms with van der Waals surface area (Å²) in [7, 11) is 0. The number of aromatic nitrogens is 4. The molecular formula is C24H20FN5O5. The van der Waals surface area contributed by atoms with Gasteiger partial charge in [0.25, 0.3) is 5.56 Å². The summed E-state index contributed by atoms with van der Waals surface area (Å²) in [5.41, 5.74) is -1.42. The number of H-pyrrole nitrogens is 1. The molecule has 1 aliphatic heterocycles. The monoisotopic (exact) mass is 477 g/mol. The van der Waals surface area contributed by atoms with E-state index in [1.54, 1.807) is 18.3 Å². The minimum atomic E-state index is -1.47. The van der Waals surface area contributed by atoms with Gasteiger partial charge < -0.3 is 24.3 Å². The minimum absolute atomic E-state index is 0.128. The number of aromatic carboxylic acids is 1. The van der Waals surface area contributed by atoms with Crippen molar-refractivity contribution in [1.29, 1.82) is 0 Å². The van der Waals surface area contributed by atoms with Crippen LogP contribution in [0.3, 0.4) is 0 Å². The van der Waals surface area contributed by atoms with Crippen LogP contribution in [0.25, 0.3) is 16.7 Å². The highest BCUT2D eigenvalue weighted by Crippen LogP contribution is 2.32. The van der Waals surface area contributed by atoms with E-state index in [1.165, 1.54) is 16.8 Å². The van der Waals surface area contributed by atoms with Gasteiger partial charge in [-0.25, -0.2) is 14.2 Å². The molecule has 0 aliphatic carbocycles. The normalized spacial score (nSPS) is 15.5. The number of rotatable bonds is 6. The molecule has 5 rings (SSSR count). The number of carbonyl (C=O) groups is 1. The summed E-state index contributed by atoms with van der Waals surface area (Å²) in [6.45, 7) is 0.856. The second-order valence-electron chi connectivity index (χ2n) is 8.12. The van der Waals surface area contributed by atoms with Gasteiger partial charge in [-0.3, -0.25) is 14.6 Å². The molecule has 0 spiro atoms. The molecule has 10 nitrogen and oxygen atoms in total. The Hall–Kier alpha value is -4.54. The first-order valence-electron chi connectivity index (χ1n) is 10.9. The fourth-order valence-electron chi connectivity index (χ4n) is 4.34. The topological polar surface area (TPSA) is 130 Å². The molecule has 1 saturated heterocycles. The van der Waals surface area contributed by atoms with Gasteiger partial charge in [-0.15, -0.1) is 0 Å². The van der Waals surface area contributed by atoms with Crippen molar-refractivity contribution >= 4 is 22.6 Å². The van der Waals surface area contributed by atoms with Gasteiger partial charge in [-0.05, 0) is 31.0 Å². The van der Waals surface area contributed by atoms with Crippen LogP contribution in [0.1, 0.15) is 23.2 Å². The number of ether oxygens (including phenoxy) is 1. The first-order valence-corrected chi connectivity index (χ1v) is 10.9. The number of hydrogen-bond donors (Lipinski definition) is 2. The molecule has 11 heteroatoms. The maximum absolute atomic E-state index is 15.4. The highest BCUT2D eigenvalue weighted by molar-refractivity contribution is 5.94. The quantitative estimate of drug-likeness (QED) is 0.433. The van der Waals surface area contributed by atoms with E-state index in [0.29, 0.717) is 12.4 Å². The van der Waals surface area contributed by atoms with Crippen molar-refractivity contribution in [3.05, 3.63) is 87.1 Å². The number of benzene rings is 1. The Balaban J connectivity index is 1.62. The SMILES string of the molecule is O=C(O)c1cn(-c2cncc(=O)[nH]2)c2cc(N3CCC[C@@H]3COc3ccccn3)c(F)cc2c1=O. The van der Waals surface area contributed by atoms with Crippen molar-refractivity contribution in [2.75, 3.05) is 18.1 Å². The van der Waals surface area contributed by atoms with E-state index < -0.39 is 28.3 Å². The molecule has 4 heterocycles. The molecule has 1 aromatic carbocycles. The Morgan fingerprint density at radius 3 is 2.86 bits per heavy atom. The lowest BCUT2D eigenvalue weighted by Gasteiger charge is -2.27. The summed E-state index contributed by atoms with van der Waals surface area (Å²) in [6, 6.07) is 7.72. The van der Waals surface area contributed by atoms with Crippen LogP contribution >= 0.6 is 0 Å². The van der Waals surface area contributed by atoms with Gasteiger partial charge >= 0.3 is 5.97 Å². The van der Waals surface area contributed by atoms with Crippen LogP contribution in [-0.2, 0) is 0 Å². The fourth-order valence-corrected chi connectivity index (χ4v) is 4.34. The fraction of sp³-hybridized carbons (Fsp3) is 0.208. The number of aromatic amines is 1. The number of pyridine rings is 2. The maximum atomic E-state index is 15.4. The lowest BCUT2D eigenvalue weighted by molar-refractivity contribution is 0.0695. The molecular weight excluding hydrogens is 457 g/mol. The molecule has 3 aromatic heterocycles. The Morgan fingerprint density at radius 2 is 2.11 bits per heavy atom. The predicted molar refractivity (Wildman–Crippen MR) is 125 cm³/mol. The average molecular weight is 477 g/mol. The molecule has 0 radical (unpaired) electrons. The van der Waals surface area contributed by atoms with Crippen molar-refractivity contribution < 1.29 is 19.0 Å². The van der Waals surface area contributed by atoms with Gasteiger partial charge in [0.1, 0.15) is 23.8 Å². The molecule has 0 bridgehead atoms. The van der Waals surface area contributed by atoms with Crippen LogP contribution in [0.5, 0.6) is 5.88 Å². The number of nitrogens with one attached hydrogen (secondary N) is 1. The van der Waals surface area contributed by atoms with Crippen molar-refractivity contribution in [2.45, 2.75) is 18.9 Å². The van der Waals surface area contributed by atoms with Crippen LogP contribution < -0.4 is 20.6 Å². The van der Waals surface area contributed by atoms with Gasteiger partial charge in [0.05, 0.1) is 35.0 Å². The van der Waals surface area contributed by atoms with Crippen LogP contribution in [0.2, 0.25) is 0 Å². The highest BCUT2D eigenvalue weighted by Gasteiger charge is 2.29. The van der Waals surface area contributed by atoms with Crippen LogP contribution in [-0.4, -0.2) is 49.8 Å². The number of fused-ring (bicyclic) bond motifs is 1. The van der Waals surface area contributed by atoms with Crippen LogP contribution in [0.15, 0.2) is 64.7 Å². The van der Waals surface area contributed by atoms with Gasteiger partial charge in [0.15, 0.2) is 0 Å². The third kappa shape index (κ3) is 4.23. The molecule has 0 unspecified atom stereocenters. The number of anilines is 1. The zero-order chi connectivity index (χ0) is 24.5. The van der Waals surface area contributed by atoms with Gasteiger partial charge in [0.2, 0.25) is 11.3 Å². The first-order chi connectivity index (χ1) is 16.9. The summed E-state index contributed by atoms with van der Waals surface area (Å²) in [5, 5.41) is 9.39. The molecule has 4 aromatic rings. The Morgan fingerprint density at radius 1 is 1.26 bits per heavy atom. The standard InChI is InChI=1S/C24H20FN5O5/c25-17-8-15-18(30(12-16(23(15)32)24(33)34)20-10-26-11-21(31)28-20)9-19(17)29-7-3-4-14(29)13-35-22-5-1-2-6-27-22/h1-2,5-6,8-12,14H,3-4,7,13H2,(H,28,31)(H,33,34)/t14-/m1/s1. The summed E-state index contributed by atoms with van der Waals surface area (Å²) in [4.78, 5) is 48.8. The highest BCUT2D eigenvalue weighted by atomic mass is 19.1. The first kappa shape index (κ1) is 22.3.